The van der Waals surface area contributed by atoms with E-state index in [2.05, 4.69) is 59.6 Å². The Kier molecular flexibility index (Phi) is 2.69. The fourth-order valence-corrected chi connectivity index (χ4v) is 2.14. The van der Waals surface area contributed by atoms with Crippen LogP contribution in [0.2, 0.25) is 0 Å². The molecule has 3 rings (SSSR count). The van der Waals surface area contributed by atoms with E-state index in [-0.39, 0.29) is 0 Å². The molecule has 18 heavy (non-hydrogen) atoms. The lowest BCUT2D eigenvalue weighted by atomic mass is 10.0. The SMILES string of the molecule is Cc1ccccc1-c1cc(-c2ccccc2)[nH+][nH]1. The molecular formula is C16H15N2+. The van der Waals surface area contributed by atoms with Crippen LogP contribution < -0.4 is 5.10 Å². The van der Waals surface area contributed by atoms with Crippen LogP contribution in [-0.4, -0.2) is 5.10 Å². The zero-order valence-corrected chi connectivity index (χ0v) is 10.3. The van der Waals surface area contributed by atoms with Crippen LogP contribution in [0.15, 0.2) is 60.7 Å². The number of H-pyrrole nitrogens is 2. The first-order chi connectivity index (χ1) is 8.84. The molecule has 0 bridgehead atoms. The molecule has 0 saturated carbocycles. The third-order valence-corrected chi connectivity index (χ3v) is 3.14. The van der Waals surface area contributed by atoms with E-state index in [0.717, 1.165) is 11.4 Å². The molecule has 1 heterocycles. The van der Waals surface area contributed by atoms with Crippen molar-refractivity contribution >= 4 is 0 Å². The summed E-state index contributed by atoms with van der Waals surface area (Å²) in [5.41, 5.74) is 5.91. The van der Waals surface area contributed by atoms with Gasteiger partial charge in [0.2, 0.25) is 5.69 Å². The van der Waals surface area contributed by atoms with Crippen molar-refractivity contribution in [2.45, 2.75) is 6.92 Å². The molecule has 0 fully saturated rings. The van der Waals surface area contributed by atoms with Gasteiger partial charge in [-0.2, -0.15) is 5.10 Å². The fraction of sp³-hybridized carbons (Fsp3) is 0.0625. The number of aromatic nitrogens is 2. The molecule has 0 radical (unpaired) electrons. The highest BCUT2D eigenvalue weighted by Crippen LogP contribution is 2.23. The van der Waals surface area contributed by atoms with Crippen molar-refractivity contribution in [3.8, 4) is 22.5 Å². The Hall–Kier alpha value is -2.35. The standard InChI is InChI=1S/C16H14N2/c1-12-7-5-6-10-14(12)16-11-15(17-18-16)13-8-3-2-4-9-13/h2-11H,1H3,(H,17,18)/p+1. The van der Waals surface area contributed by atoms with Crippen molar-refractivity contribution < 1.29 is 5.10 Å². The van der Waals surface area contributed by atoms with Crippen molar-refractivity contribution in [3.63, 3.8) is 0 Å². The van der Waals surface area contributed by atoms with Gasteiger partial charge in [-0.05, 0) is 24.6 Å². The number of benzene rings is 2. The number of rotatable bonds is 2. The number of hydrogen-bond acceptors (Lipinski definition) is 0. The lowest BCUT2D eigenvalue weighted by molar-refractivity contribution is -0.436. The van der Waals surface area contributed by atoms with Gasteiger partial charge in [-0.15, -0.1) is 5.10 Å². The topological polar surface area (TPSA) is 29.9 Å². The molecule has 0 aliphatic rings. The maximum absolute atomic E-state index is 3.24. The molecule has 1 aromatic heterocycles. The van der Waals surface area contributed by atoms with E-state index < -0.39 is 0 Å². The van der Waals surface area contributed by atoms with Crippen LogP contribution >= 0.6 is 0 Å². The normalized spacial score (nSPS) is 10.5. The van der Waals surface area contributed by atoms with Gasteiger partial charge in [-0.1, -0.05) is 42.5 Å². The molecule has 88 valence electrons. The van der Waals surface area contributed by atoms with Crippen molar-refractivity contribution in [1.29, 1.82) is 0 Å². The van der Waals surface area contributed by atoms with Crippen LogP contribution in [0.4, 0.5) is 0 Å². The Labute approximate surface area is 106 Å². The predicted octanol–water partition coefficient (Wildman–Crippen LogP) is 3.47. The largest absolute Gasteiger partial charge is 0.236 e. The zero-order chi connectivity index (χ0) is 12.4. The average molecular weight is 235 g/mol. The molecule has 0 aliphatic carbocycles. The van der Waals surface area contributed by atoms with Crippen LogP contribution in [0.5, 0.6) is 0 Å². The van der Waals surface area contributed by atoms with Crippen LogP contribution in [0.3, 0.4) is 0 Å². The van der Waals surface area contributed by atoms with Crippen LogP contribution in [0.25, 0.3) is 22.5 Å². The predicted molar refractivity (Wildman–Crippen MR) is 73.0 cm³/mol. The summed E-state index contributed by atoms with van der Waals surface area (Å²) in [5, 5.41) is 6.46. The summed E-state index contributed by atoms with van der Waals surface area (Å²) < 4.78 is 0. The van der Waals surface area contributed by atoms with Gasteiger partial charge in [0, 0.05) is 17.2 Å². The Morgan fingerprint density at radius 3 is 2.39 bits per heavy atom. The highest BCUT2D eigenvalue weighted by molar-refractivity contribution is 5.68. The van der Waals surface area contributed by atoms with E-state index >= 15 is 0 Å². The summed E-state index contributed by atoms with van der Waals surface area (Å²) in [7, 11) is 0. The van der Waals surface area contributed by atoms with E-state index in [1.807, 2.05) is 18.2 Å². The van der Waals surface area contributed by atoms with E-state index in [0.29, 0.717) is 0 Å². The average Bonchev–Trinajstić information content (AvgIpc) is 2.90. The second-order valence-electron chi connectivity index (χ2n) is 4.40. The van der Waals surface area contributed by atoms with Crippen molar-refractivity contribution in [1.82, 2.24) is 5.10 Å². The molecule has 0 unspecified atom stereocenters. The number of nitrogens with one attached hydrogen (secondary N) is 2. The molecule has 0 spiro atoms. The third-order valence-electron chi connectivity index (χ3n) is 3.14. The Morgan fingerprint density at radius 1 is 0.889 bits per heavy atom. The minimum Gasteiger partial charge on any atom is -0.167 e. The van der Waals surface area contributed by atoms with E-state index in [1.165, 1.54) is 16.7 Å². The molecule has 0 saturated heterocycles. The molecule has 2 nitrogen and oxygen atoms in total. The van der Waals surface area contributed by atoms with Gasteiger partial charge < -0.3 is 0 Å². The molecule has 0 atom stereocenters. The van der Waals surface area contributed by atoms with Gasteiger partial charge in [0.25, 0.3) is 0 Å². The fourth-order valence-electron chi connectivity index (χ4n) is 2.14. The minimum atomic E-state index is 1.11. The molecule has 0 amide bonds. The first kappa shape index (κ1) is 10.8. The first-order valence-electron chi connectivity index (χ1n) is 6.07. The minimum absolute atomic E-state index is 1.11. The number of aryl methyl sites for hydroxylation is 1. The Bertz CT molecular complexity index is 654. The summed E-state index contributed by atoms with van der Waals surface area (Å²) in [4.78, 5) is 0. The summed E-state index contributed by atoms with van der Waals surface area (Å²) >= 11 is 0. The number of aromatic amines is 2. The van der Waals surface area contributed by atoms with Gasteiger partial charge in [0.15, 0.2) is 0 Å². The van der Waals surface area contributed by atoms with Gasteiger partial charge in [0.05, 0.1) is 0 Å². The second-order valence-corrected chi connectivity index (χ2v) is 4.40. The zero-order valence-electron chi connectivity index (χ0n) is 10.3. The molecular weight excluding hydrogens is 220 g/mol. The van der Waals surface area contributed by atoms with E-state index in [9.17, 15) is 0 Å². The maximum atomic E-state index is 3.24. The van der Waals surface area contributed by atoms with Crippen LogP contribution in [0.1, 0.15) is 5.56 Å². The first-order valence-corrected chi connectivity index (χ1v) is 6.07. The highest BCUT2D eigenvalue weighted by atomic mass is 15.1. The summed E-state index contributed by atoms with van der Waals surface area (Å²) in [5.74, 6) is 0. The molecule has 3 aromatic rings. The van der Waals surface area contributed by atoms with Crippen molar-refractivity contribution in [2.24, 2.45) is 0 Å². The monoisotopic (exact) mass is 235 g/mol. The van der Waals surface area contributed by atoms with E-state index in [1.54, 1.807) is 0 Å². The summed E-state index contributed by atoms with van der Waals surface area (Å²) in [6, 6.07) is 20.8. The van der Waals surface area contributed by atoms with Crippen molar-refractivity contribution in [2.75, 3.05) is 0 Å². The van der Waals surface area contributed by atoms with Crippen LogP contribution in [-0.2, 0) is 0 Å². The lowest BCUT2D eigenvalue weighted by Crippen LogP contribution is -2.04. The van der Waals surface area contributed by atoms with Crippen LogP contribution in [0, 0.1) is 6.92 Å². The second kappa shape index (κ2) is 4.49. The molecule has 2 heteroatoms. The van der Waals surface area contributed by atoms with Crippen molar-refractivity contribution in [3.05, 3.63) is 66.2 Å². The summed E-state index contributed by atoms with van der Waals surface area (Å²) in [6.07, 6.45) is 0. The van der Waals surface area contributed by atoms with Gasteiger partial charge in [-0.25, -0.2) is 0 Å². The number of hydrogen-bond donors (Lipinski definition) is 1. The lowest BCUT2D eigenvalue weighted by Gasteiger charge is -1.99. The van der Waals surface area contributed by atoms with E-state index in [4.69, 9.17) is 0 Å². The quantitative estimate of drug-likeness (QED) is 0.705. The van der Waals surface area contributed by atoms with Gasteiger partial charge in [0.1, 0.15) is 5.69 Å². The highest BCUT2D eigenvalue weighted by Gasteiger charge is 2.11. The maximum Gasteiger partial charge on any atom is 0.236 e. The molecule has 0 aliphatic heterocycles. The van der Waals surface area contributed by atoms with Gasteiger partial charge >= 0.3 is 0 Å². The smallest absolute Gasteiger partial charge is 0.167 e. The third kappa shape index (κ3) is 1.93. The molecule has 2 N–H and O–H groups in total. The Morgan fingerprint density at radius 2 is 1.61 bits per heavy atom. The summed E-state index contributed by atoms with van der Waals surface area (Å²) in [6.45, 7) is 2.12. The molecule has 2 aromatic carbocycles. The van der Waals surface area contributed by atoms with Gasteiger partial charge in [-0.3, -0.25) is 0 Å². The Balaban J connectivity index is 2.03.